The van der Waals surface area contributed by atoms with Crippen molar-refractivity contribution >= 4 is 24.2 Å². The van der Waals surface area contributed by atoms with Crippen molar-refractivity contribution in [3.8, 4) is 11.1 Å². The summed E-state index contributed by atoms with van der Waals surface area (Å²) in [7, 11) is -0.554. The minimum atomic E-state index is -0.554. The van der Waals surface area contributed by atoms with Gasteiger partial charge in [0.25, 0.3) is 0 Å². The van der Waals surface area contributed by atoms with Gasteiger partial charge in [-0.25, -0.2) is 9.97 Å². The number of pyridine rings is 2. The van der Waals surface area contributed by atoms with Gasteiger partial charge in [-0.15, -0.1) is 0 Å². The van der Waals surface area contributed by atoms with Crippen LogP contribution in [0.25, 0.3) is 11.1 Å². The van der Waals surface area contributed by atoms with Gasteiger partial charge >= 0.3 is 7.12 Å². The Hall–Kier alpha value is -2.12. The highest BCUT2D eigenvalue weighted by atomic mass is 16.7. The molecule has 24 heavy (non-hydrogen) atoms. The number of aromatic nitrogens is 2. The largest absolute Gasteiger partial charge is 0.498 e. The van der Waals surface area contributed by atoms with Crippen LogP contribution in [0.2, 0.25) is 0 Å². The fourth-order valence-electron chi connectivity index (χ4n) is 2.65. The summed E-state index contributed by atoms with van der Waals surface area (Å²) in [5, 5.41) is 0. The molecule has 0 atom stereocenters. The van der Waals surface area contributed by atoms with Crippen molar-refractivity contribution in [2.75, 3.05) is 11.5 Å². The molecule has 0 amide bonds. The second-order valence-corrected chi connectivity index (χ2v) is 7.21. The third-order valence-electron chi connectivity index (χ3n) is 4.89. The molecule has 3 rings (SSSR count). The number of hydrogen-bond acceptors (Lipinski definition) is 6. The van der Waals surface area contributed by atoms with E-state index in [9.17, 15) is 0 Å². The quantitative estimate of drug-likeness (QED) is 0.819. The van der Waals surface area contributed by atoms with Crippen LogP contribution in [0, 0.1) is 6.92 Å². The summed E-state index contributed by atoms with van der Waals surface area (Å²) in [6.45, 7) is 10.0. The van der Waals surface area contributed by atoms with Crippen molar-refractivity contribution in [3.05, 3.63) is 30.1 Å². The average molecular weight is 326 g/mol. The Bertz CT molecular complexity index is 776. The highest BCUT2D eigenvalue weighted by molar-refractivity contribution is 6.63. The van der Waals surface area contributed by atoms with Crippen LogP contribution in [0.4, 0.5) is 11.6 Å². The smallest absolute Gasteiger partial charge is 0.399 e. The van der Waals surface area contributed by atoms with E-state index in [2.05, 4.69) is 9.97 Å². The molecule has 0 saturated carbocycles. The summed E-state index contributed by atoms with van der Waals surface area (Å²) in [6.07, 6.45) is 3.47. The molecule has 0 aromatic carbocycles. The van der Waals surface area contributed by atoms with E-state index in [0.717, 1.165) is 22.2 Å². The number of anilines is 2. The van der Waals surface area contributed by atoms with Crippen LogP contribution in [0.15, 0.2) is 24.5 Å². The number of nitrogens with two attached hydrogens (primary N) is 2. The monoisotopic (exact) mass is 326 g/mol. The Morgan fingerprint density at radius 1 is 0.958 bits per heavy atom. The molecule has 1 saturated heterocycles. The first-order valence-corrected chi connectivity index (χ1v) is 7.94. The van der Waals surface area contributed by atoms with Gasteiger partial charge < -0.3 is 20.8 Å². The molecule has 0 bridgehead atoms. The van der Waals surface area contributed by atoms with Gasteiger partial charge in [0.1, 0.15) is 11.6 Å². The van der Waals surface area contributed by atoms with E-state index >= 15 is 0 Å². The predicted octanol–water partition coefficient (Wildman–Crippen LogP) is 1.92. The lowest BCUT2D eigenvalue weighted by Gasteiger charge is -2.32. The summed E-state index contributed by atoms with van der Waals surface area (Å²) in [5.41, 5.74) is 14.6. The first-order chi connectivity index (χ1) is 11.1. The molecular weight excluding hydrogens is 303 g/mol. The van der Waals surface area contributed by atoms with Gasteiger partial charge in [-0.05, 0) is 57.9 Å². The maximum atomic E-state index is 6.10. The van der Waals surface area contributed by atoms with E-state index in [1.165, 1.54) is 0 Å². The van der Waals surface area contributed by atoms with Gasteiger partial charge in [0.15, 0.2) is 0 Å². The summed E-state index contributed by atoms with van der Waals surface area (Å²) in [4.78, 5) is 8.43. The first kappa shape index (κ1) is 16.7. The summed E-state index contributed by atoms with van der Waals surface area (Å²) < 4.78 is 12.2. The van der Waals surface area contributed by atoms with Crippen LogP contribution in [0.1, 0.15) is 33.3 Å². The molecule has 7 heteroatoms. The third kappa shape index (κ3) is 2.74. The standard InChI is InChI=1S/C17H23BN4O2/c1-10-8-21-14(19)7-12(10)11-6-13(15(20)22-9-11)18-23-16(2,3)17(4,5)24-18/h6-9H,1-5H3,(H2,19,21)(H2,20,22). The topological polar surface area (TPSA) is 96.3 Å². The maximum absolute atomic E-state index is 6.10. The second kappa shape index (κ2) is 5.46. The SMILES string of the molecule is Cc1cnc(N)cc1-c1cnc(N)c(B2OC(C)(C)C(C)(C)O2)c1. The molecule has 1 aliphatic rings. The Kier molecular flexibility index (Phi) is 3.81. The minimum absolute atomic E-state index is 0.400. The van der Waals surface area contributed by atoms with E-state index in [1.54, 1.807) is 12.4 Å². The average Bonchev–Trinajstić information content (AvgIpc) is 2.70. The number of rotatable bonds is 2. The summed E-state index contributed by atoms with van der Waals surface area (Å²) in [6, 6.07) is 3.78. The second-order valence-electron chi connectivity index (χ2n) is 7.21. The van der Waals surface area contributed by atoms with E-state index in [-0.39, 0.29) is 0 Å². The van der Waals surface area contributed by atoms with E-state index < -0.39 is 18.3 Å². The van der Waals surface area contributed by atoms with Crippen molar-refractivity contribution in [2.24, 2.45) is 0 Å². The van der Waals surface area contributed by atoms with Gasteiger partial charge in [-0.1, -0.05) is 0 Å². The highest BCUT2D eigenvalue weighted by Crippen LogP contribution is 2.37. The molecule has 2 aromatic rings. The lowest BCUT2D eigenvalue weighted by Crippen LogP contribution is -2.41. The van der Waals surface area contributed by atoms with Gasteiger partial charge in [-0.3, -0.25) is 0 Å². The fourth-order valence-corrected chi connectivity index (χ4v) is 2.65. The van der Waals surface area contributed by atoms with Crippen molar-refractivity contribution in [1.29, 1.82) is 0 Å². The van der Waals surface area contributed by atoms with Crippen molar-refractivity contribution in [3.63, 3.8) is 0 Å². The molecular formula is C17H23BN4O2. The van der Waals surface area contributed by atoms with Gasteiger partial charge in [-0.2, -0.15) is 0 Å². The molecule has 0 spiro atoms. The molecule has 0 aliphatic carbocycles. The Morgan fingerprint density at radius 3 is 2.21 bits per heavy atom. The zero-order valence-electron chi connectivity index (χ0n) is 14.8. The highest BCUT2D eigenvalue weighted by Gasteiger charge is 2.52. The van der Waals surface area contributed by atoms with Crippen LogP contribution in [-0.4, -0.2) is 28.3 Å². The number of aryl methyl sites for hydroxylation is 1. The lowest BCUT2D eigenvalue weighted by atomic mass is 9.78. The Morgan fingerprint density at radius 2 is 1.58 bits per heavy atom. The van der Waals surface area contributed by atoms with Crippen molar-refractivity contribution in [2.45, 2.75) is 45.8 Å². The lowest BCUT2D eigenvalue weighted by molar-refractivity contribution is 0.00578. The van der Waals surface area contributed by atoms with Crippen LogP contribution in [0.3, 0.4) is 0 Å². The molecule has 126 valence electrons. The number of hydrogen-bond donors (Lipinski definition) is 2. The van der Waals surface area contributed by atoms with Crippen LogP contribution >= 0.6 is 0 Å². The van der Waals surface area contributed by atoms with Gasteiger partial charge in [0.05, 0.1) is 11.2 Å². The zero-order chi connectivity index (χ0) is 17.7. The normalized spacial score (nSPS) is 18.8. The summed E-state index contributed by atoms with van der Waals surface area (Å²) >= 11 is 0. The Labute approximate surface area is 142 Å². The van der Waals surface area contributed by atoms with Crippen LogP contribution in [-0.2, 0) is 9.31 Å². The number of nitrogens with zero attached hydrogens (tertiary/aromatic N) is 2. The first-order valence-electron chi connectivity index (χ1n) is 7.94. The molecule has 2 aromatic heterocycles. The maximum Gasteiger partial charge on any atom is 0.498 e. The molecule has 0 unspecified atom stereocenters. The van der Waals surface area contributed by atoms with Crippen molar-refractivity contribution in [1.82, 2.24) is 9.97 Å². The van der Waals surface area contributed by atoms with Gasteiger partial charge in [0.2, 0.25) is 0 Å². The molecule has 1 fully saturated rings. The number of nitrogen functional groups attached to an aromatic ring is 2. The van der Waals surface area contributed by atoms with E-state index in [0.29, 0.717) is 11.6 Å². The van der Waals surface area contributed by atoms with Gasteiger partial charge in [0, 0.05) is 23.4 Å². The fraction of sp³-hybridized carbons (Fsp3) is 0.412. The molecule has 1 aliphatic heterocycles. The zero-order valence-corrected chi connectivity index (χ0v) is 14.8. The van der Waals surface area contributed by atoms with Crippen LogP contribution in [0.5, 0.6) is 0 Å². The van der Waals surface area contributed by atoms with E-state index in [1.807, 2.05) is 46.8 Å². The molecule has 0 radical (unpaired) electrons. The summed E-state index contributed by atoms with van der Waals surface area (Å²) in [5.74, 6) is 0.863. The van der Waals surface area contributed by atoms with Crippen LogP contribution < -0.4 is 16.9 Å². The Balaban J connectivity index is 2.04. The molecule has 3 heterocycles. The third-order valence-corrected chi connectivity index (χ3v) is 4.89. The molecule has 4 N–H and O–H groups in total. The molecule has 6 nitrogen and oxygen atoms in total. The minimum Gasteiger partial charge on any atom is -0.399 e. The predicted molar refractivity (Wildman–Crippen MR) is 96.7 cm³/mol. The van der Waals surface area contributed by atoms with E-state index in [4.69, 9.17) is 20.8 Å². The van der Waals surface area contributed by atoms with Crippen molar-refractivity contribution < 1.29 is 9.31 Å².